The Hall–Kier alpha value is -1.84. The van der Waals surface area contributed by atoms with E-state index in [9.17, 15) is 9.59 Å². The zero-order valence-corrected chi connectivity index (χ0v) is 10.5. The van der Waals surface area contributed by atoms with Crippen LogP contribution in [-0.2, 0) is 9.59 Å². The van der Waals surface area contributed by atoms with Crippen LogP contribution >= 0.6 is 0 Å². The molecule has 0 spiro atoms. The smallest absolute Gasteiger partial charge is 0.228 e. The lowest BCUT2D eigenvalue weighted by Gasteiger charge is -2.46. The zero-order valence-electron chi connectivity index (χ0n) is 10.5. The van der Waals surface area contributed by atoms with Crippen LogP contribution in [0.5, 0.6) is 0 Å². The Morgan fingerprint density at radius 2 is 1.78 bits per heavy atom. The number of amides is 2. The van der Waals surface area contributed by atoms with Gasteiger partial charge in [0, 0.05) is 0 Å². The van der Waals surface area contributed by atoms with Crippen molar-refractivity contribution >= 4 is 11.8 Å². The van der Waals surface area contributed by atoms with Crippen molar-refractivity contribution < 1.29 is 9.59 Å². The third-order valence-electron chi connectivity index (χ3n) is 3.86. The van der Waals surface area contributed by atoms with Gasteiger partial charge in [0.05, 0.1) is 10.8 Å². The highest BCUT2D eigenvalue weighted by Crippen LogP contribution is 2.52. The molecule has 1 rings (SSSR count). The first-order chi connectivity index (χ1) is 8.47. The van der Waals surface area contributed by atoms with Crippen molar-refractivity contribution in [2.24, 2.45) is 22.3 Å². The first kappa shape index (κ1) is 14.2. The number of carbonyl (C=O) groups excluding carboxylic acids is 2. The average molecular weight is 248 g/mol. The van der Waals surface area contributed by atoms with Gasteiger partial charge in [-0.05, 0) is 25.7 Å². The largest absolute Gasteiger partial charge is 0.369 e. The number of nitrogens with two attached hydrogens (primary N) is 2. The Morgan fingerprint density at radius 1 is 1.17 bits per heavy atom. The molecule has 0 bridgehead atoms. The second-order valence-electron chi connectivity index (χ2n) is 4.71. The highest BCUT2D eigenvalue weighted by molar-refractivity contribution is 5.94. The second kappa shape index (κ2) is 5.21. The topological polar surface area (TPSA) is 86.2 Å². The third kappa shape index (κ3) is 1.88. The van der Waals surface area contributed by atoms with Gasteiger partial charge < -0.3 is 11.5 Å². The fourth-order valence-corrected chi connectivity index (χ4v) is 2.88. The summed E-state index contributed by atoms with van der Waals surface area (Å²) >= 11 is 0. The van der Waals surface area contributed by atoms with E-state index < -0.39 is 22.6 Å². The van der Waals surface area contributed by atoms with E-state index in [1.807, 2.05) is 6.08 Å². The van der Waals surface area contributed by atoms with Crippen LogP contribution in [0.1, 0.15) is 25.7 Å². The van der Waals surface area contributed by atoms with Gasteiger partial charge in [-0.1, -0.05) is 24.3 Å². The Bertz CT molecular complexity index is 414. The van der Waals surface area contributed by atoms with Crippen LogP contribution in [0.4, 0.5) is 0 Å². The second-order valence-corrected chi connectivity index (χ2v) is 4.71. The zero-order chi connectivity index (χ0) is 13.8. The molecule has 2 atom stereocenters. The molecule has 1 aliphatic carbocycles. The maximum Gasteiger partial charge on any atom is 0.228 e. The van der Waals surface area contributed by atoms with Crippen LogP contribution in [-0.4, -0.2) is 11.8 Å². The molecule has 0 aromatic carbocycles. The molecule has 0 aliphatic heterocycles. The quantitative estimate of drug-likeness (QED) is 0.697. The molecule has 0 saturated carbocycles. The first-order valence-corrected chi connectivity index (χ1v) is 5.96. The molecule has 0 aromatic heterocycles. The van der Waals surface area contributed by atoms with Gasteiger partial charge in [-0.25, -0.2) is 0 Å². The van der Waals surface area contributed by atoms with E-state index in [0.717, 1.165) is 0 Å². The number of carbonyl (C=O) groups is 2. The molecular formula is C14H20N2O2. The molecule has 0 saturated heterocycles. The van der Waals surface area contributed by atoms with E-state index in [0.29, 0.717) is 25.7 Å². The minimum absolute atomic E-state index is 0.301. The van der Waals surface area contributed by atoms with Crippen molar-refractivity contribution in [3.05, 3.63) is 37.5 Å². The van der Waals surface area contributed by atoms with Gasteiger partial charge in [0.25, 0.3) is 0 Å². The van der Waals surface area contributed by atoms with Crippen molar-refractivity contribution in [2.45, 2.75) is 25.7 Å². The first-order valence-electron chi connectivity index (χ1n) is 5.96. The van der Waals surface area contributed by atoms with Crippen molar-refractivity contribution in [3.8, 4) is 0 Å². The van der Waals surface area contributed by atoms with Gasteiger partial charge in [-0.3, -0.25) is 9.59 Å². The molecule has 4 heteroatoms. The molecule has 0 fully saturated rings. The van der Waals surface area contributed by atoms with Crippen molar-refractivity contribution in [1.29, 1.82) is 0 Å². The van der Waals surface area contributed by atoms with E-state index in [1.54, 1.807) is 18.2 Å². The molecule has 18 heavy (non-hydrogen) atoms. The highest BCUT2D eigenvalue weighted by atomic mass is 16.2. The van der Waals surface area contributed by atoms with Crippen LogP contribution in [0.25, 0.3) is 0 Å². The summed E-state index contributed by atoms with van der Waals surface area (Å²) in [5.74, 6) is -1.05. The maximum absolute atomic E-state index is 12.0. The Morgan fingerprint density at radius 3 is 2.22 bits per heavy atom. The van der Waals surface area contributed by atoms with Crippen molar-refractivity contribution in [3.63, 3.8) is 0 Å². The molecule has 2 amide bonds. The van der Waals surface area contributed by atoms with E-state index in [2.05, 4.69) is 13.2 Å². The SMILES string of the molecule is C=CCC1(C(N)=O)C=CCCC1(CC=C)C(N)=O. The lowest BCUT2D eigenvalue weighted by Crippen LogP contribution is -2.57. The number of hydrogen-bond donors (Lipinski definition) is 2. The maximum atomic E-state index is 12.0. The van der Waals surface area contributed by atoms with Crippen molar-refractivity contribution in [1.82, 2.24) is 0 Å². The number of allylic oxidation sites excluding steroid dienone is 3. The van der Waals surface area contributed by atoms with Gasteiger partial charge in [0.1, 0.15) is 0 Å². The number of rotatable bonds is 6. The number of primary amides is 2. The molecule has 0 radical (unpaired) electrons. The van der Waals surface area contributed by atoms with E-state index in [4.69, 9.17) is 11.5 Å². The predicted octanol–water partition coefficient (Wildman–Crippen LogP) is 1.43. The van der Waals surface area contributed by atoms with Crippen LogP contribution in [0.2, 0.25) is 0 Å². The van der Waals surface area contributed by atoms with E-state index in [-0.39, 0.29) is 0 Å². The fraction of sp³-hybridized carbons (Fsp3) is 0.429. The molecule has 4 nitrogen and oxygen atoms in total. The fourth-order valence-electron chi connectivity index (χ4n) is 2.88. The summed E-state index contributed by atoms with van der Waals surface area (Å²) in [5, 5.41) is 0. The minimum atomic E-state index is -1.09. The van der Waals surface area contributed by atoms with Gasteiger partial charge >= 0.3 is 0 Å². The van der Waals surface area contributed by atoms with Gasteiger partial charge in [0.15, 0.2) is 0 Å². The third-order valence-corrected chi connectivity index (χ3v) is 3.86. The van der Waals surface area contributed by atoms with Crippen LogP contribution < -0.4 is 11.5 Å². The van der Waals surface area contributed by atoms with Gasteiger partial charge in [-0.15, -0.1) is 13.2 Å². The highest BCUT2D eigenvalue weighted by Gasteiger charge is 2.57. The molecule has 98 valence electrons. The summed E-state index contributed by atoms with van der Waals surface area (Å²) in [7, 11) is 0. The summed E-state index contributed by atoms with van der Waals surface area (Å²) in [4.78, 5) is 23.9. The van der Waals surface area contributed by atoms with Crippen LogP contribution in [0.3, 0.4) is 0 Å². The normalized spacial score (nSPS) is 30.7. The monoisotopic (exact) mass is 248 g/mol. The lowest BCUT2D eigenvalue weighted by molar-refractivity contribution is -0.145. The van der Waals surface area contributed by atoms with E-state index >= 15 is 0 Å². The van der Waals surface area contributed by atoms with Crippen LogP contribution in [0, 0.1) is 10.8 Å². The summed E-state index contributed by atoms with van der Waals surface area (Å²) in [6, 6.07) is 0. The van der Waals surface area contributed by atoms with Crippen LogP contribution in [0.15, 0.2) is 37.5 Å². The Labute approximate surface area is 107 Å². The van der Waals surface area contributed by atoms with Gasteiger partial charge in [-0.2, -0.15) is 0 Å². The van der Waals surface area contributed by atoms with Gasteiger partial charge in [0.2, 0.25) is 11.8 Å². The summed E-state index contributed by atoms with van der Waals surface area (Å²) in [5.41, 5.74) is 9.03. The average Bonchev–Trinajstić information content (AvgIpc) is 2.31. The molecule has 1 aliphatic rings. The standard InChI is InChI=1S/C14H20N2O2/c1-3-7-13(11(15)17)9-5-6-10-14(13,8-4-2)12(16)18/h3-5,9H,1-2,6-8,10H2,(H2,15,17)(H2,16,18). The summed E-state index contributed by atoms with van der Waals surface area (Å²) in [6.07, 6.45) is 8.64. The predicted molar refractivity (Wildman–Crippen MR) is 71.3 cm³/mol. The molecule has 2 unspecified atom stereocenters. The summed E-state index contributed by atoms with van der Waals surface area (Å²) < 4.78 is 0. The van der Waals surface area contributed by atoms with E-state index in [1.165, 1.54) is 0 Å². The molecule has 4 N–H and O–H groups in total. The Kier molecular flexibility index (Phi) is 4.11. The molecule has 0 aromatic rings. The van der Waals surface area contributed by atoms with Crippen molar-refractivity contribution in [2.75, 3.05) is 0 Å². The molecule has 0 heterocycles. The summed E-state index contributed by atoms with van der Waals surface area (Å²) in [6.45, 7) is 7.31. The Balaban J connectivity index is 3.47. The lowest BCUT2D eigenvalue weighted by atomic mass is 9.55. The minimum Gasteiger partial charge on any atom is -0.369 e. The molecular weight excluding hydrogens is 228 g/mol. The number of hydrogen-bond acceptors (Lipinski definition) is 2.